The zero-order valence-corrected chi connectivity index (χ0v) is 7.23. The van der Waals surface area contributed by atoms with Gasteiger partial charge in [0.2, 0.25) is 5.89 Å². The maximum atomic E-state index is 5.39. The number of rotatable bonds is 2. The Balaban J connectivity index is 1.77. The summed E-state index contributed by atoms with van der Waals surface area (Å²) in [6, 6.07) is 0.981. The number of hydrogen-bond donors (Lipinski definition) is 2. The van der Waals surface area contributed by atoms with Crippen molar-refractivity contribution in [2.75, 3.05) is 0 Å². The highest BCUT2D eigenvalue weighted by atomic mass is 16.5. The molecule has 0 amide bonds. The van der Waals surface area contributed by atoms with Crippen LogP contribution in [-0.2, 0) is 6.54 Å². The van der Waals surface area contributed by atoms with Gasteiger partial charge in [0.25, 0.3) is 0 Å². The molecule has 5 nitrogen and oxygen atoms in total. The Morgan fingerprint density at radius 1 is 1.54 bits per heavy atom. The second kappa shape index (κ2) is 2.52. The molecule has 1 aliphatic heterocycles. The van der Waals surface area contributed by atoms with Crippen LogP contribution in [0.4, 0.5) is 0 Å². The van der Waals surface area contributed by atoms with Crippen molar-refractivity contribution in [1.29, 1.82) is 0 Å². The minimum absolute atomic E-state index is 0.275. The predicted molar refractivity (Wildman–Crippen MR) is 44.6 cm³/mol. The summed E-state index contributed by atoms with van der Waals surface area (Å²) < 4.78 is 5.10. The van der Waals surface area contributed by atoms with E-state index < -0.39 is 0 Å². The van der Waals surface area contributed by atoms with E-state index in [4.69, 9.17) is 10.3 Å². The molecule has 0 aromatic carbocycles. The lowest BCUT2D eigenvalue weighted by atomic mass is 10.2. The van der Waals surface area contributed by atoms with Crippen molar-refractivity contribution in [3.8, 4) is 0 Å². The molecule has 0 unspecified atom stereocenters. The molecule has 0 radical (unpaired) electrons. The minimum atomic E-state index is 0.275. The van der Waals surface area contributed by atoms with Gasteiger partial charge in [0.05, 0.1) is 12.6 Å². The Morgan fingerprint density at radius 3 is 3.08 bits per heavy atom. The van der Waals surface area contributed by atoms with Crippen LogP contribution in [0, 0.1) is 5.92 Å². The van der Waals surface area contributed by atoms with Gasteiger partial charge in [0, 0.05) is 6.04 Å². The van der Waals surface area contributed by atoms with Gasteiger partial charge in [-0.2, -0.15) is 4.98 Å². The molecule has 0 spiro atoms. The van der Waals surface area contributed by atoms with Gasteiger partial charge in [-0.25, -0.2) is 0 Å². The fourth-order valence-corrected chi connectivity index (χ4v) is 2.01. The summed E-state index contributed by atoms with van der Waals surface area (Å²) in [6.45, 7) is 0.350. The highest BCUT2D eigenvalue weighted by Gasteiger charge is 2.47. The molecule has 70 valence electrons. The Morgan fingerprint density at radius 2 is 2.46 bits per heavy atom. The first-order valence-corrected chi connectivity index (χ1v) is 4.65. The molecule has 1 saturated carbocycles. The zero-order valence-electron chi connectivity index (χ0n) is 7.23. The second-order valence-electron chi connectivity index (χ2n) is 3.81. The number of piperidine rings is 1. The smallest absolute Gasteiger partial charge is 0.243 e. The average Bonchev–Trinajstić information content (AvgIpc) is 2.67. The Hall–Kier alpha value is -0.940. The second-order valence-corrected chi connectivity index (χ2v) is 3.81. The van der Waals surface area contributed by atoms with Gasteiger partial charge in [-0.05, 0) is 18.8 Å². The van der Waals surface area contributed by atoms with E-state index >= 15 is 0 Å². The van der Waals surface area contributed by atoms with E-state index in [1.807, 2.05) is 0 Å². The van der Waals surface area contributed by atoms with Crippen LogP contribution < -0.4 is 11.1 Å². The van der Waals surface area contributed by atoms with Crippen LogP contribution in [0.2, 0.25) is 0 Å². The monoisotopic (exact) mass is 180 g/mol. The van der Waals surface area contributed by atoms with Crippen molar-refractivity contribution in [3.63, 3.8) is 0 Å². The van der Waals surface area contributed by atoms with E-state index in [0.29, 0.717) is 24.3 Å². The summed E-state index contributed by atoms with van der Waals surface area (Å²) in [5, 5.41) is 7.21. The number of nitrogens with zero attached hydrogens (tertiary/aromatic N) is 2. The summed E-state index contributed by atoms with van der Waals surface area (Å²) in [6.07, 6.45) is 2.45. The van der Waals surface area contributed by atoms with Crippen molar-refractivity contribution in [2.24, 2.45) is 11.7 Å². The van der Waals surface area contributed by atoms with Gasteiger partial charge in [0.1, 0.15) is 0 Å². The summed E-state index contributed by atoms with van der Waals surface area (Å²) >= 11 is 0. The zero-order chi connectivity index (χ0) is 8.84. The topological polar surface area (TPSA) is 77.0 Å². The molecule has 2 heterocycles. The van der Waals surface area contributed by atoms with Crippen LogP contribution in [0.5, 0.6) is 0 Å². The Kier molecular flexibility index (Phi) is 1.45. The first-order valence-electron chi connectivity index (χ1n) is 4.65. The molecule has 1 saturated heterocycles. The predicted octanol–water partition coefficient (Wildman–Crippen LogP) is -0.0488. The molecule has 13 heavy (non-hydrogen) atoms. The van der Waals surface area contributed by atoms with Gasteiger partial charge in [0.15, 0.2) is 5.82 Å². The first-order chi connectivity index (χ1) is 6.36. The van der Waals surface area contributed by atoms with Crippen molar-refractivity contribution in [3.05, 3.63) is 11.7 Å². The lowest BCUT2D eigenvalue weighted by Crippen LogP contribution is -2.18. The number of fused-ring (bicyclic) bond motifs is 1. The summed E-state index contributed by atoms with van der Waals surface area (Å²) in [7, 11) is 0. The highest BCUT2D eigenvalue weighted by molar-refractivity contribution is 5.08. The van der Waals surface area contributed by atoms with E-state index in [-0.39, 0.29) is 6.04 Å². The van der Waals surface area contributed by atoms with Crippen molar-refractivity contribution >= 4 is 0 Å². The van der Waals surface area contributed by atoms with Crippen LogP contribution in [0.1, 0.15) is 30.6 Å². The Labute approximate surface area is 75.7 Å². The van der Waals surface area contributed by atoms with E-state index in [0.717, 1.165) is 12.3 Å². The first kappa shape index (κ1) is 7.46. The SMILES string of the molecule is NCc1noc([C@@H]2C[C@H]3C[C@H]3N2)n1. The normalized spacial score (nSPS) is 36.2. The molecule has 0 bridgehead atoms. The molecule has 2 aliphatic rings. The molecular formula is C8H12N4O. The summed E-state index contributed by atoms with van der Waals surface area (Å²) in [4.78, 5) is 4.20. The molecule has 1 aromatic heterocycles. The van der Waals surface area contributed by atoms with E-state index in [1.54, 1.807) is 0 Å². The minimum Gasteiger partial charge on any atom is -0.338 e. The molecule has 1 aromatic rings. The quantitative estimate of drug-likeness (QED) is 0.667. The van der Waals surface area contributed by atoms with Crippen LogP contribution in [0.3, 0.4) is 0 Å². The van der Waals surface area contributed by atoms with Gasteiger partial charge in [-0.15, -0.1) is 0 Å². The van der Waals surface area contributed by atoms with Crippen molar-refractivity contribution in [1.82, 2.24) is 15.5 Å². The molecule has 3 rings (SSSR count). The standard InChI is InChI=1S/C8H12N4O/c9-3-7-11-8(13-12-7)6-2-4-1-5(4)10-6/h4-6,10H,1-3,9H2/t4-,5-,6+/m1/s1. The largest absolute Gasteiger partial charge is 0.338 e. The molecule has 2 fully saturated rings. The summed E-state index contributed by atoms with van der Waals surface area (Å²) in [5.74, 6) is 2.14. The van der Waals surface area contributed by atoms with Crippen LogP contribution in [0.25, 0.3) is 0 Å². The maximum absolute atomic E-state index is 5.39. The van der Waals surface area contributed by atoms with Gasteiger partial charge in [-0.1, -0.05) is 5.16 Å². The third-order valence-electron chi connectivity index (χ3n) is 2.84. The van der Waals surface area contributed by atoms with E-state index in [1.165, 1.54) is 6.42 Å². The summed E-state index contributed by atoms with van der Waals surface area (Å²) in [5.41, 5.74) is 5.39. The fourth-order valence-electron chi connectivity index (χ4n) is 2.01. The fraction of sp³-hybridized carbons (Fsp3) is 0.750. The number of nitrogens with one attached hydrogen (secondary N) is 1. The number of aromatic nitrogens is 2. The van der Waals surface area contributed by atoms with Crippen molar-refractivity contribution < 1.29 is 4.52 Å². The lowest BCUT2D eigenvalue weighted by Gasteiger charge is -2.05. The molecule has 5 heteroatoms. The Bertz CT molecular complexity index is 314. The molecule has 3 atom stereocenters. The lowest BCUT2D eigenvalue weighted by molar-refractivity contribution is 0.332. The molecule has 1 aliphatic carbocycles. The average molecular weight is 180 g/mol. The van der Waals surface area contributed by atoms with E-state index in [2.05, 4.69) is 15.5 Å². The molecule has 3 N–H and O–H groups in total. The van der Waals surface area contributed by atoms with Gasteiger partial charge < -0.3 is 15.6 Å². The van der Waals surface area contributed by atoms with Gasteiger partial charge >= 0.3 is 0 Å². The highest BCUT2D eigenvalue weighted by Crippen LogP contribution is 2.45. The number of nitrogens with two attached hydrogens (primary N) is 1. The van der Waals surface area contributed by atoms with Crippen molar-refractivity contribution in [2.45, 2.75) is 31.5 Å². The third kappa shape index (κ3) is 1.15. The van der Waals surface area contributed by atoms with Crippen LogP contribution in [0.15, 0.2) is 4.52 Å². The number of hydrogen-bond acceptors (Lipinski definition) is 5. The maximum Gasteiger partial charge on any atom is 0.243 e. The van der Waals surface area contributed by atoms with Crippen LogP contribution >= 0.6 is 0 Å². The van der Waals surface area contributed by atoms with Gasteiger partial charge in [-0.3, -0.25) is 0 Å². The van der Waals surface area contributed by atoms with E-state index in [9.17, 15) is 0 Å². The van der Waals surface area contributed by atoms with Crippen LogP contribution in [-0.4, -0.2) is 16.2 Å². The molecular weight excluding hydrogens is 168 g/mol. The third-order valence-corrected chi connectivity index (χ3v) is 2.84.